The minimum absolute atomic E-state index is 0.0545. The molecule has 0 spiro atoms. The minimum Gasteiger partial charge on any atom is -0.492 e. The van der Waals surface area contributed by atoms with E-state index < -0.39 is 0 Å². The highest BCUT2D eigenvalue weighted by Crippen LogP contribution is 2.45. The van der Waals surface area contributed by atoms with Crippen molar-refractivity contribution in [2.45, 2.75) is 11.5 Å². The first-order chi connectivity index (χ1) is 11.7. The second-order valence-corrected chi connectivity index (χ2v) is 8.34. The van der Waals surface area contributed by atoms with Crippen LogP contribution in [0.15, 0.2) is 48.5 Å². The third kappa shape index (κ3) is 4.71. The third-order valence-corrected chi connectivity index (χ3v) is 6.82. The van der Waals surface area contributed by atoms with Gasteiger partial charge in [0.2, 0.25) is 0 Å². The van der Waals surface area contributed by atoms with Gasteiger partial charge in [-0.3, -0.25) is 4.79 Å². The summed E-state index contributed by atoms with van der Waals surface area (Å²) in [6.07, 6.45) is 0. The molecule has 3 rings (SSSR count). The quantitative estimate of drug-likeness (QED) is 0.781. The van der Waals surface area contributed by atoms with Crippen LogP contribution in [0.5, 0.6) is 5.75 Å². The van der Waals surface area contributed by atoms with Crippen molar-refractivity contribution in [2.75, 3.05) is 24.7 Å². The maximum absolute atomic E-state index is 12.2. The zero-order valence-corrected chi connectivity index (χ0v) is 15.3. The number of carbonyl (C=O) groups is 1. The van der Waals surface area contributed by atoms with Gasteiger partial charge in [0, 0.05) is 17.1 Å². The van der Waals surface area contributed by atoms with Crippen molar-refractivity contribution in [3.8, 4) is 5.75 Å². The molecule has 5 heteroatoms. The normalized spacial score (nSPS) is 14.5. The van der Waals surface area contributed by atoms with Crippen LogP contribution in [-0.2, 0) is 0 Å². The Bertz CT molecular complexity index is 682. The molecule has 1 aliphatic heterocycles. The van der Waals surface area contributed by atoms with Gasteiger partial charge in [-0.2, -0.15) is 0 Å². The summed E-state index contributed by atoms with van der Waals surface area (Å²) >= 11 is 3.94. The fourth-order valence-electron chi connectivity index (χ4n) is 2.48. The van der Waals surface area contributed by atoms with E-state index in [1.807, 2.05) is 66.8 Å². The molecule has 0 aliphatic carbocycles. The summed E-state index contributed by atoms with van der Waals surface area (Å²) in [5, 5.41) is 2.90. The zero-order valence-electron chi connectivity index (χ0n) is 13.7. The summed E-state index contributed by atoms with van der Waals surface area (Å²) in [4.78, 5) is 12.2. The molecule has 126 valence electrons. The summed E-state index contributed by atoms with van der Waals surface area (Å²) in [7, 11) is 0. The van der Waals surface area contributed by atoms with Crippen LogP contribution in [-0.4, -0.2) is 30.6 Å². The highest BCUT2D eigenvalue weighted by atomic mass is 32.2. The van der Waals surface area contributed by atoms with E-state index in [1.165, 1.54) is 17.1 Å². The molecule has 1 aliphatic rings. The smallest absolute Gasteiger partial charge is 0.251 e. The van der Waals surface area contributed by atoms with Crippen LogP contribution in [0.2, 0.25) is 0 Å². The van der Waals surface area contributed by atoms with Gasteiger partial charge in [0.05, 0.1) is 11.1 Å². The lowest BCUT2D eigenvalue weighted by Crippen LogP contribution is -2.28. The maximum atomic E-state index is 12.2. The predicted octanol–water partition coefficient (Wildman–Crippen LogP) is 4.28. The molecule has 0 unspecified atom stereocenters. The Kier molecular flexibility index (Phi) is 6.10. The lowest BCUT2D eigenvalue weighted by molar-refractivity contribution is 0.0947. The van der Waals surface area contributed by atoms with Crippen LogP contribution in [0.4, 0.5) is 0 Å². The zero-order chi connectivity index (χ0) is 16.8. The summed E-state index contributed by atoms with van der Waals surface area (Å²) < 4.78 is 6.16. The van der Waals surface area contributed by atoms with E-state index in [0.717, 1.165) is 11.3 Å². The van der Waals surface area contributed by atoms with E-state index in [4.69, 9.17) is 4.74 Å². The number of ether oxygens (including phenoxy) is 1. The van der Waals surface area contributed by atoms with Crippen LogP contribution in [0, 0.1) is 6.92 Å². The Morgan fingerprint density at radius 3 is 2.62 bits per heavy atom. The fourth-order valence-corrected chi connectivity index (χ4v) is 5.34. The monoisotopic (exact) mass is 359 g/mol. The van der Waals surface area contributed by atoms with E-state index in [2.05, 4.69) is 17.4 Å². The molecule has 0 aromatic heterocycles. The van der Waals surface area contributed by atoms with Gasteiger partial charge < -0.3 is 10.1 Å². The molecule has 1 heterocycles. The summed E-state index contributed by atoms with van der Waals surface area (Å²) in [6.45, 7) is 2.98. The van der Waals surface area contributed by atoms with Crippen LogP contribution >= 0.6 is 23.5 Å². The van der Waals surface area contributed by atoms with Gasteiger partial charge in [-0.05, 0) is 42.3 Å². The van der Waals surface area contributed by atoms with E-state index >= 15 is 0 Å². The first-order valence-electron chi connectivity index (χ1n) is 8.03. The molecular formula is C19H21NO2S2. The number of hydrogen-bond donors (Lipinski definition) is 1. The number of thioether (sulfide) groups is 2. The molecule has 0 saturated carbocycles. The summed E-state index contributed by atoms with van der Waals surface area (Å²) in [5.74, 6) is 3.19. The number of rotatable bonds is 6. The molecule has 24 heavy (non-hydrogen) atoms. The Morgan fingerprint density at radius 1 is 1.17 bits per heavy atom. The minimum atomic E-state index is -0.0545. The number of nitrogens with one attached hydrogen (secondary N) is 1. The van der Waals surface area contributed by atoms with Crippen molar-refractivity contribution in [1.82, 2.24) is 5.32 Å². The Labute approximate surface area is 151 Å². The fraction of sp³-hybridized carbons (Fsp3) is 0.316. The lowest BCUT2D eigenvalue weighted by Gasteiger charge is -2.10. The summed E-state index contributed by atoms with van der Waals surface area (Å²) in [6, 6.07) is 15.8. The van der Waals surface area contributed by atoms with Gasteiger partial charge in [-0.1, -0.05) is 24.3 Å². The van der Waals surface area contributed by atoms with Gasteiger partial charge in [-0.25, -0.2) is 0 Å². The second-order valence-electron chi connectivity index (χ2n) is 5.62. The Hall–Kier alpha value is -1.59. The van der Waals surface area contributed by atoms with Gasteiger partial charge in [0.15, 0.2) is 0 Å². The average molecular weight is 360 g/mol. The molecule has 0 atom stereocenters. The van der Waals surface area contributed by atoms with Crippen LogP contribution in [0.25, 0.3) is 0 Å². The highest BCUT2D eigenvalue weighted by molar-refractivity contribution is 8.19. The van der Waals surface area contributed by atoms with Gasteiger partial charge in [0.25, 0.3) is 5.91 Å². The Balaban J connectivity index is 1.44. The number of amides is 1. The lowest BCUT2D eigenvalue weighted by atomic mass is 10.1. The number of benzene rings is 2. The number of carbonyl (C=O) groups excluding carboxylic acids is 1. The summed E-state index contributed by atoms with van der Waals surface area (Å²) in [5.41, 5.74) is 3.15. The highest BCUT2D eigenvalue weighted by Gasteiger charge is 2.18. The van der Waals surface area contributed by atoms with Crippen molar-refractivity contribution in [1.29, 1.82) is 0 Å². The first kappa shape index (κ1) is 17.2. The molecule has 1 saturated heterocycles. The molecule has 0 radical (unpaired) electrons. The van der Waals surface area contributed by atoms with E-state index in [1.54, 1.807) is 0 Å². The molecule has 0 bridgehead atoms. The van der Waals surface area contributed by atoms with E-state index in [-0.39, 0.29) is 5.91 Å². The average Bonchev–Trinajstić information content (AvgIpc) is 3.13. The molecule has 1 amide bonds. The maximum Gasteiger partial charge on any atom is 0.251 e. The molecule has 1 fully saturated rings. The van der Waals surface area contributed by atoms with Crippen LogP contribution < -0.4 is 10.1 Å². The van der Waals surface area contributed by atoms with Crippen molar-refractivity contribution < 1.29 is 9.53 Å². The first-order valence-corrected chi connectivity index (χ1v) is 10.1. The largest absolute Gasteiger partial charge is 0.492 e. The van der Waals surface area contributed by atoms with Crippen LogP contribution in [0.1, 0.15) is 26.1 Å². The van der Waals surface area contributed by atoms with Crippen molar-refractivity contribution in [3.05, 3.63) is 65.2 Å². The molecular weight excluding hydrogens is 338 g/mol. The Morgan fingerprint density at radius 2 is 1.92 bits per heavy atom. The molecule has 2 aromatic rings. The van der Waals surface area contributed by atoms with Crippen LogP contribution in [0.3, 0.4) is 0 Å². The number of hydrogen-bond acceptors (Lipinski definition) is 4. The number of aryl methyl sites for hydroxylation is 1. The van der Waals surface area contributed by atoms with Gasteiger partial charge in [0.1, 0.15) is 12.4 Å². The predicted molar refractivity (Wildman–Crippen MR) is 103 cm³/mol. The van der Waals surface area contributed by atoms with Crippen molar-refractivity contribution in [3.63, 3.8) is 0 Å². The van der Waals surface area contributed by atoms with E-state index in [9.17, 15) is 4.79 Å². The van der Waals surface area contributed by atoms with Gasteiger partial charge in [-0.15, -0.1) is 23.5 Å². The van der Waals surface area contributed by atoms with Gasteiger partial charge >= 0.3 is 0 Å². The SMILES string of the molecule is Cc1cccc(OCCNC(=O)c2ccc(C3SCCS3)cc2)c1. The standard InChI is InChI=1S/C19H21NO2S2/c1-14-3-2-4-17(13-14)22-10-9-20-18(21)15-5-7-16(8-6-15)19-23-11-12-24-19/h2-8,13,19H,9-12H2,1H3,(H,20,21). The van der Waals surface area contributed by atoms with Crippen molar-refractivity contribution >= 4 is 29.4 Å². The molecule has 2 aromatic carbocycles. The molecule has 1 N–H and O–H groups in total. The third-order valence-electron chi connectivity index (χ3n) is 3.71. The van der Waals surface area contributed by atoms with Crippen molar-refractivity contribution in [2.24, 2.45) is 0 Å². The topological polar surface area (TPSA) is 38.3 Å². The van der Waals surface area contributed by atoms with E-state index in [0.29, 0.717) is 23.3 Å². The molecule has 3 nitrogen and oxygen atoms in total. The second kappa shape index (κ2) is 8.49.